The van der Waals surface area contributed by atoms with Gasteiger partial charge in [0.1, 0.15) is 5.69 Å². The fourth-order valence-electron chi connectivity index (χ4n) is 1.60. The number of carbonyl (C=O) groups is 1. The Morgan fingerprint density at radius 3 is 2.18 bits per heavy atom. The van der Waals surface area contributed by atoms with E-state index in [9.17, 15) is 4.79 Å². The monoisotopic (exact) mass is 473 g/mol. The van der Waals surface area contributed by atoms with E-state index in [2.05, 4.69) is 16.2 Å². The van der Waals surface area contributed by atoms with Gasteiger partial charge in [-0.15, -0.1) is 11.8 Å². The van der Waals surface area contributed by atoms with Crippen LogP contribution in [0.15, 0.2) is 61.1 Å². The summed E-state index contributed by atoms with van der Waals surface area (Å²) in [5.41, 5.74) is 2.09. The molecule has 0 spiro atoms. The number of hydrogen-bond acceptors (Lipinski definition) is 3. The van der Waals surface area contributed by atoms with Crippen LogP contribution >= 0.6 is 0 Å². The van der Waals surface area contributed by atoms with Gasteiger partial charge in [0, 0.05) is 32.5 Å². The SMILES string of the molecule is Cn1[c-]c(-c2ccccn2)cc1.O=C(O)c1ccccn1.[Ir]. The van der Waals surface area contributed by atoms with Crippen LogP contribution in [0.4, 0.5) is 0 Å². The second kappa shape index (κ2) is 8.87. The van der Waals surface area contributed by atoms with Gasteiger partial charge in [-0.2, -0.15) is 6.07 Å². The summed E-state index contributed by atoms with van der Waals surface area (Å²) in [7, 11) is 1.95. The van der Waals surface area contributed by atoms with Crippen LogP contribution in [0.5, 0.6) is 0 Å². The van der Waals surface area contributed by atoms with Gasteiger partial charge in [-0.05, 0) is 30.9 Å². The molecule has 0 atom stereocenters. The number of carboxylic acids is 1. The molecule has 3 rings (SSSR count). The molecule has 3 aromatic rings. The van der Waals surface area contributed by atoms with Gasteiger partial charge in [0.15, 0.2) is 0 Å². The fraction of sp³-hybridized carbons (Fsp3) is 0.0625. The summed E-state index contributed by atoms with van der Waals surface area (Å²) in [6.07, 6.45) is 8.34. The summed E-state index contributed by atoms with van der Waals surface area (Å²) in [6, 6.07) is 12.6. The molecule has 0 amide bonds. The molecule has 0 aliphatic carbocycles. The van der Waals surface area contributed by atoms with Gasteiger partial charge in [-0.25, -0.2) is 9.78 Å². The predicted octanol–water partition coefficient (Wildman–Crippen LogP) is 2.66. The molecule has 0 aromatic carbocycles. The van der Waals surface area contributed by atoms with Crippen molar-refractivity contribution in [2.75, 3.05) is 0 Å². The number of aromatic carboxylic acids is 1. The minimum atomic E-state index is -0.990. The number of nitrogens with zero attached hydrogens (tertiary/aromatic N) is 3. The molecule has 0 unspecified atom stereocenters. The van der Waals surface area contributed by atoms with Crippen molar-refractivity contribution < 1.29 is 30.0 Å². The molecular weight excluding hydrogens is 458 g/mol. The Bertz CT molecular complexity index is 700. The Kier molecular flexibility index (Phi) is 7.16. The van der Waals surface area contributed by atoms with E-state index in [1.54, 1.807) is 18.3 Å². The smallest absolute Gasteiger partial charge is 0.354 e. The normalized spacial score (nSPS) is 9.14. The van der Waals surface area contributed by atoms with E-state index < -0.39 is 5.97 Å². The molecule has 22 heavy (non-hydrogen) atoms. The summed E-state index contributed by atoms with van der Waals surface area (Å²) >= 11 is 0. The third-order valence-corrected chi connectivity index (χ3v) is 2.59. The molecule has 6 heteroatoms. The average molecular weight is 473 g/mol. The molecule has 1 N–H and O–H groups in total. The maximum absolute atomic E-state index is 10.1. The molecule has 3 aromatic heterocycles. The average Bonchev–Trinajstić information content (AvgIpc) is 2.96. The van der Waals surface area contributed by atoms with E-state index in [1.807, 2.05) is 42.1 Å². The Morgan fingerprint density at radius 1 is 1.09 bits per heavy atom. The molecule has 0 saturated heterocycles. The summed E-state index contributed by atoms with van der Waals surface area (Å²) in [4.78, 5) is 17.9. The molecular formula is C16H14IrN3O2-. The van der Waals surface area contributed by atoms with Gasteiger partial charge in [0.2, 0.25) is 0 Å². The van der Waals surface area contributed by atoms with Gasteiger partial charge in [0.25, 0.3) is 0 Å². The minimum absolute atomic E-state index is 0. The number of rotatable bonds is 2. The molecule has 1 radical (unpaired) electrons. The zero-order valence-corrected chi connectivity index (χ0v) is 14.2. The first-order valence-corrected chi connectivity index (χ1v) is 6.27. The summed E-state index contributed by atoms with van der Waals surface area (Å²) in [5.74, 6) is -0.990. The summed E-state index contributed by atoms with van der Waals surface area (Å²) < 4.78 is 1.89. The van der Waals surface area contributed by atoms with Crippen molar-refractivity contribution in [3.05, 3.63) is 72.9 Å². The van der Waals surface area contributed by atoms with Crippen molar-refractivity contribution in [1.29, 1.82) is 0 Å². The van der Waals surface area contributed by atoms with Crippen molar-refractivity contribution in [3.8, 4) is 11.3 Å². The third-order valence-electron chi connectivity index (χ3n) is 2.59. The van der Waals surface area contributed by atoms with Crippen LogP contribution in [0, 0.1) is 6.20 Å². The van der Waals surface area contributed by atoms with E-state index in [4.69, 9.17) is 5.11 Å². The van der Waals surface area contributed by atoms with E-state index in [1.165, 1.54) is 12.3 Å². The number of aromatic nitrogens is 3. The largest absolute Gasteiger partial charge is 0.477 e. The second-order valence-corrected chi connectivity index (χ2v) is 4.19. The fourth-order valence-corrected chi connectivity index (χ4v) is 1.60. The van der Waals surface area contributed by atoms with E-state index in [-0.39, 0.29) is 25.8 Å². The van der Waals surface area contributed by atoms with Crippen LogP contribution in [-0.4, -0.2) is 25.6 Å². The van der Waals surface area contributed by atoms with Gasteiger partial charge >= 0.3 is 5.97 Å². The van der Waals surface area contributed by atoms with Crippen LogP contribution in [-0.2, 0) is 27.2 Å². The Morgan fingerprint density at radius 2 is 1.77 bits per heavy atom. The Balaban J connectivity index is 0.000000219. The standard InChI is InChI=1S/C10H9N2.C6H5NO2.Ir/c1-12-7-5-9(8-12)10-4-2-3-6-11-10;8-6(9)5-3-1-2-4-7-5;/h2-7H,1H3;1-4H,(H,8,9);/q-1;;. The summed E-state index contributed by atoms with van der Waals surface area (Å²) in [6.45, 7) is 0. The molecule has 0 saturated carbocycles. The molecule has 115 valence electrons. The van der Waals surface area contributed by atoms with Gasteiger partial charge in [0.05, 0.1) is 0 Å². The van der Waals surface area contributed by atoms with Crippen LogP contribution in [0.25, 0.3) is 11.3 Å². The van der Waals surface area contributed by atoms with Crippen molar-refractivity contribution in [3.63, 3.8) is 0 Å². The van der Waals surface area contributed by atoms with Crippen LogP contribution in [0.1, 0.15) is 10.5 Å². The first kappa shape index (κ1) is 17.8. The third kappa shape index (κ3) is 5.24. The first-order valence-electron chi connectivity index (χ1n) is 6.27. The predicted molar refractivity (Wildman–Crippen MR) is 78.7 cm³/mol. The topological polar surface area (TPSA) is 68.0 Å². The zero-order valence-electron chi connectivity index (χ0n) is 11.8. The molecule has 3 heterocycles. The molecule has 0 aliphatic rings. The van der Waals surface area contributed by atoms with Crippen molar-refractivity contribution in [2.45, 2.75) is 0 Å². The number of aryl methyl sites for hydroxylation is 1. The van der Waals surface area contributed by atoms with Crippen molar-refractivity contribution >= 4 is 5.97 Å². The molecule has 0 fully saturated rings. The Hall–Kier alpha value is -2.30. The van der Waals surface area contributed by atoms with Gasteiger partial charge in [-0.1, -0.05) is 24.4 Å². The van der Waals surface area contributed by atoms with E-state index in [0.717, 1.165) is 11.3 Å². The minimum Gasteiger partial charge on any atom is -0.477 e. The van der Waals surface area contributed by atoms with Crippen LogP contribution in [0.2, 0.25) is 0 Å². The maximum Gasteiger partial charge on any atom is 0.354 e. The van der Waals surface area contributed by atoms with E-state index >= 15 is 0 Å². The van der Waals surface area contributed by atoms with E-state index in [0.29, 0.717) is 0 Å². The number of pyridine rings is 2. The molecule has 5 nitrogen and oxygen atoms in total. The van der Waals surface area contributed by atoms with Crippen LogP contribution < -0.4 is 0 Å². The second-order valence-electron chi connectivity index (χ2n) is 4.19. The van der Waals surface area contributed by atoms with Crippen LogP contribution in [0.3, 0.4) is 0 Å². The molecule has 0 bridgehead atoms. The molecule has 0 aliphatic heterocycles. The number of hydrogen-bond donors (Lipinski definition) is 1. The number of carboxylic acid groups (broad SMARTS) is 1. The maximum atomic E-state index is 10.1. The summed E-state index contributed by atoms with van der Waals surface area (Å²) in [5, 5.41) is 8.32. The van der Waals surface area contributed by atoms with Gasteiger partial charge in [-0.3, -0.25) is 0 Å². The van der Waals surface area contributed by atoms with Crippen molar-refractivity contribution in [2.24, 2.45) is 7.05 Å². The van der Waals surface area contributed by atoms with Gasteiger partial charge < -0.3 is 14.7 Å². The Labute approximate surface area is 142 Å². The quantitative estimate of drug-likeness (QED) is 0.583. The van der Waals surface area contributed by atoms with Crippen molar-refractivity contribution in [1.82, 2.24) is 14.5 Å². The first-order chi connectivity index (χ1) is 10.2. The zero-order chi connectivity index (χ0) is 15.1.